The number of benzene rings is 2. The Labute approximate surface area is 180 Å². The van der Waals surface area contributed by atoms with E-state index in [0.717, 1.165) is 28.7 Å². The van der Waals surface area contributed by atoms with Crippen LogP contribution in [0.25, 0.3) is 0 Å². The number of nitrogens with one attached hydrogen (secondary N) is 3. The molecule has 0 unspecified atom stereocenters. The molecule has 0 fully saturated rings. The molecule has 2 amide bonds. The second-order valence-corrected chi connectivity index (χ2v) is 8.80. The Morgan fingerprint density at radius 3 is 2.13 bits per heavy atom. The number of carbonyl (C=O) groups is 2. The van der Waals surface area contributed by atoms with Crippen LogP contribution in [-0.2, 0) is 17.1 Å². The molecule has 2 aromatic carbocycles. The van der Waals surface area contributed by atoms with Crippen LogP contribution in [0.3, 0.4) is 0 Å². The molecular formula is C19H16BrFN4O4S. The predicted molar refractivity (Wildman–Crippen MR) is 112 cm³/mol. The van der Waals surface area contributed by atoms with Gasteiger partial charge in [-0.15, -0.1) is 0 Å². The van der Waals surface area contributed by atoms with Crippen LogP contribution in [0.2, 0.25) is 0 Å². The predicted octanol–water partition coefficient (Wildman–Crippen LogP) is 2.80. The van der Waals surface area contributed by atoms with E-state index in [9.17, 15) is 22.4 Å². The van der Waals surface area contributed by atoms with Gasteiger partial charge in [-0.25, -0.2) is 12.8 Å². The van der Waals surface area contributed by atoms with Crippen LogP contribution < -0.4 is 15.6 Å². The quantitative estimate of drug-likeness (QED) is 0.473. The van der Waals surface area contributed by atoms with Gasteiger partial charge in [0.2, 0.25) is 0 Å². The van der Waals surface area contributed by atoms with E-state index in [1.807, 2.05) is 0 Å². The molecule has 0 aliphatic carbocycles. The normalized spacial score (nSPS) is 11.0. The van der Waals surface area contributed by atoms with Gasteiger partial charge in [-0.05, 0) is 70.5 Å². The van der Waals surface area contributed by atoms with Crippen LogP contribution >= 0.6 is 15.9 Å². The van der Waals surface area contributed by atoms with Crippen molar-refractivity contribution in [2.24, 2.45) is 7.05 Å². The van der Waals surface area contributed by atoms with Crippen molar-refractivity contribution in [3.63, 3.8) is 0 Å². The first-order valence-corrected chi connectivity index (χ1v) is 10.7. The number of anilines is 1. The van der Waals surface area contributed by atoms with Crippen LogP contribution in [0.15, 0.2) is 70.2 Å². The molecule has 1 aromatic heterocycles. The Kier molecular flexibility index (Phi) is 6.22. The number of halogens is 2. The summed E-state index contributed by atoms with van der Waals surface area (Å²) in [6, 6.07) is 11.6. The van der Waals surface area contributed by atoms with Gasteiger partial charge in [-0.3, -0.25) is 25.2 Å². The fourth-order valence-corrected chi connectivity index (χ4v) is 4.10. The molecule has 11 heteroatoms. The maximum Gasteiger partial charge on any atom is 0.286 e. The van der Waals surface area contributed by atoms with Crippen LogP contribution in [0.1, 0.15) is 20.8 Å². The highest BCUT2D eigenvalue weighted by Gasteiger charge is 2.15. The molecule has 0 bridgehead atoms. The van der Waals surface area contributed by atoms with Gasteiger partial charge in [0, 0.05) is 29.0 Å². The Morgan fingerprint density at radius 2 is 1.57 bits per heavy atom. The van der Waals surface area contributed by atoms with Gasteiger partial charge in [0.1, 0.15) is 11.5 Å². The Hall–Kier alpha value is -3.18. The molecule has 0 atom stereocenters. The van der Waals surface area contributed by atoms with Crippen molar-refractivity contribution in [1.29, 1.82) is 0 Å². The van der Waals surface area contributed by atoms with Gasteiger partial charge in [-0.1, -0.05) is 0 Å². The molecule has 3 rings (SSSR count). The lowest BCUT2D eigenvalue weighted by atomic mass is 10.2. The van der Waals surface area contributed by atoms with Crippen LogP contribution in [0.5, 0.6) is 0 Å². The minimum atomic E-state index is -3.90. The van der Waals surface area contributed by atoms with Crippen molar-refractivity contribution >= 4 is 43.5 Å². The first-order valence-electron chi connectivity index (χ1n) is 8.47. The molecule has 0 saturated heterocycles. The van der Waals surface area contributed by atoms with Crippen LogP contribution in [0, 0.1) is 5.82 Å². The van der Waals surface area contributed by atoms with E-state index in [4.69, 9.17) is 0 Å². The SMILES string of the molecule is Cn1cc(Br)cc1C(=O)NNC(=O)c1ccc(NS(=O)(=O)c2ccc(F)cc2)cc1. The zero-order chi connectivity index (χ0) is 21.9. The largest absolute Gasteiger partial charge is 0.345 e. The molecule has 156 valence electrons. The minimum Gasteiger partial charge on any atom is -0.345 e. The van der Waals surface area contributed by atoms with E-state index in [2.05, 4.69) is 31.5 Å². The number of sulfonamides is 1. The Bertz CT molecular complexity index is 1190. The van der Waals surface area contributed by atoms with Gasteiger partial charge in [0.05, 0.1) is 4.90 Å². The van der Waals surface area contributed by atoms with Crippen LogP contribution in [-0.4, -0.2) is 24.8 Å². The third-order valence-electron chi connectivity index (χ3n) is 4.02. The number of amides is 2. The van der Waals surface area contributed by atoms with Crippen LogP contribution in [0.4, 0.5) is 10.1 Å². The molecular weight excluding hydrogens is 479 g/mol. The summed E-state index contributed by atoms with van der Waals surface area (Å²) in [5.41, 5.74) is 5.36. The molecule has 0 aliphatic heterocycles. The Balaban J connectivity index is 1.62. The lowest BCUT2D eigenvalue weighted by Gasteiger charge is -2.10. The summed E-state index contributed by atoms with van der Waals surface area (Å²) in [6.07, 6.45) is 1.70. The minimum absolute atomic E-state index is 0.0965. The number of aromatic nitrogens is 1. The van der Waals surface area contributed by atoms with Gasteiger partial charge < -0.3 is 4.57 Å². The van der Waals surface area contributed by atoms with Crippen molar-refractivity contribution in [3.8, 4) is 0 Å². The highest BCUT2D eigenvalue weighted by atomic mass is 79.9. The average Bonchev–Trinajstić information content (AvgIpc) is 3.04. The van der Waals surface area contributed by atoms with Crippen molar-refractivity contribution in [2.45, 2.75) is 4.90 Å². The summed E-state index contributed by atoms with van der Waals surface area (Å²) in [5.74, 6) is -1.62. The maximum atomic E-state index is 13.0. The van der Waals surface area contributed by atoms with Gasteiger partial charge >= 0.3 is 0 Å². The number of carbonyl (C=O) groups excluding carboxylic acids is 2. The van der Waals surface area contributed by atoms with Crippen molar-refractivity contribution < 1.29 is 22.4 Å². The second-order valence-electron chi connectivity index (χ2n) is 6.20. The third kappa shape index (κ3) is 5.05. The number of hydrazine groups is 1. The molecule has 3 aromatic rings. The lowest BCUT2D eigenvalue weighted by Crippen LogP contribution is -2.42. The van der Waals surface area contributed by atoms with Crippen molar-refractivity contribution in [3.05, 3.63) is 82.3 Å². The molecule has 0 spiro atoms. The lowest BCUT2D eigenvalue weighted by molar-refractivity contribution is 0.0842. The standard InChI is InChI=1S/C19H16BrFN4O4S/c1-25-11-13(20)10-17(25)19(27)23-22-18(26)12-2-6-15(7-3-12)24-30(28,29)16-8-4-14(21)5-9-16/h2-11,24H,1H3,(H,22,26)(H,23,27). The third-order valence-corrected chi connectivity index (χ3v) is 5.85. The molecule has 8 nitrogen and oxygen atoms in total. The zero-order valence-corrected chi connectivity index (χ0v) is 17.9. The summed E-state index contributed by atoms with van der Waals surface area (Å²) in [6.45, 7) is 0. The first-order chi connectivity index (χ1) is 14.2. The number of hydrogen-bond donors (Lipinski definition) is 3. The molecule has 0 radical (unpaired) electrons. The van der Waals surface area contributed by atoms with E-state index >= 15 is 0 Å². The van der Waals surface area contributed by atoms with E-state index in [1.165, 1.54) is 24.3 Å². The average molecular weight is 495 g/mol. The summed E-state index contributed by atoms with van der Waals surface area (Å²) >= 11 is 3.26. The van der Waals surface area contributed by atoms with E-state index in [-0.39, 0.29) is 16.1 Å². The number of nitrogens with zero attached hydrogens (tertiary/aromatic N) is 1. The highest BCUT2D eigenvalue weighted by Crippen LogP contribution is 2.17. The summed E-state index contributed by atoms with van der Waals surface area (Å²) in [4.78, 5) is 24.2. The van der Waals surface area contributed by atoms with E-state index in [1.54, 1.807) is 23.9 Å². The number of aryl methyl sites for hydroxylation is 1. The molecule has 0 saturated carbocycles. The topological polar surface area (TPSA) is 109 Å². The van der Waals surface area contributed by atoms with E-state index < -0.39 is 27.7 Å². The van der Waals surface area contributed by atoms with Gasteiger partial charge in [0.15, 0.2) is 0 Å². The molecule has 30 heavy (non-hydrogen) atoms. The zero-order valence-electron chi connectivity index (χ0n) is 15.5. The van der Waals surface area contributed by atoms with Crippen molar-refractivity contribution in [2.75, 3.05) is 4.72 Å². The molecule has 0 aliphatic rings. The molecule has 3 N–H and O–H groups in total. The fraction of sp³-hybridized carbons (Fsp3) is 0.0526. The summed E-state index contributed by atoms with van der Waals surface area (Å²) in [5, 5.41) is 0. The summed E-state index contributed by atoms with van der Waals surface area (Å²) in [7, 11) is -2.21. The number of rotatable bonds is 5. The van der Waals surface area contributed by atoms with Gasteiger partial charge in [-0.2, -0.15) is 0 Å². The van der Waals surface area contributed by atoms with E-state index in [0.29, 0.717) is 5.69 Å². The molecule has 1 heterocycles. The highest BCUT2D eigenvalue weighted by molar-refractivity contribution is 9.10. The Morgan fingerprint density at radius 1 is 0.967 bits per heavy atom. The fourth-order valence-electron chi connectivity index (χ4n) is 2.52. The first kappa shape index (κ1) is 21.5. The summed E-state index contributed by atoms with van der Waals surface area (Å²) < 4.78 is 42.2. The monoisotopic (exact) mass is 494 g/mol. The maximum absolute atomic E-state index is 13.0. The number of hydrogen-bond acceptors (Lipinski definition) is 4. The van der Waals surface area contributed by atoms with Gasteiger partial charge in [0.25, 0.3) is 21.8 Å². The second kappa shape index (κ2) is 8.67. The smallest absolute Gasteiger partial charge is 0.286 e. The van der Waals surface area contributed by atoms with Crippen molar-refractivity contribution in [1.82, 2.24) is 15.4 Å².